The predicted octanol–water partition coefficient (Wildman–Crippen LogP) is 6.30. The van der Waals surface area contributed by atoms with Crippen LogP contribution in [0.15, 0.2) is 61.5 Å². The van der Waals surface area contributed by atoms with Crippen molar-refractivity contribution in [1.82, 2.24) is 26.2 Å². The number of rotatable bonds is 18. The third kappa shape index (κ3) is 9.58. The monoisotopic (exact) mass is 609 g/mol. The Morgan fingerprint density at radius 2 is 1.61 bits per heavy atom. The molecule has 6 atom stereocenters. The Balaban J connectivity index is 1.63. The Kier molecular flexibility index (Phi) is 11.8. The molecule has 0 aromatic carbocycles. The first-order chi connectivity index (χ1) is 20.4. The Morgan fingerprint density at radius 1 is 0.977 bits per heavy atom. The van der Waals surface area contributed by atoms with Crippen molar-refractivity contribution in [2.75, 3.05) is 13.1 Å². The summed E-state index contributed by atoms with van der Waals surface area (Å²) in [5, 5.41) is 14.2. The molecule has 0 aromatic heterocycles. The summed E-state index contributed by atoms with van der Waals surface area (Å²) < 4.78 is 0. The number of carbonyl (C=O) groups is 1. The van der Waals surface area contributed by atoms with Gasteiger partial charge in [0.15, 0.2) is 5.78 Å². The summed E-state index contributed by atoms with van der Waals surface area (Å²) in [5.74, 6) is 2.98. The lowest BCUT2D eigenvalue weighted by atomic mass is 9.84. The van der Waals surface area contributed by atoms with Crippen molar-refractivity contribution in [2.45, 2.75) is 123 Å². The highest BCUT2D eigenvalue weighted by Gasteiger charge is 2.60. The molecule has 3 aliphatic rings. The summed E-state index contributed by atoms with van der Waals surface area (Å²) in [6, 6.07) is -0.329. The van der Waals surface area contributed by atoms with E-state index in [1.165, 1.54) is 25.7 Å². The number of allylic oxidation sites excluding steroid dienone is 1. The van der Waals surface area contributed by atoms with E-state index in [-0.39, 0.29) is 40.6 Å². The molecule has 1 aliphatic heterocycles. The smallest absolute Gasteiger partial charge is 0.199 e. The first kappa shape index (κ1) is 35.6. The lowest BCUT2D eigenvalue weighted by Gasteiger charge is -2.42. The summed E-state index contributed by atoms with van der Waals surface area (Å²) >= 11 is 0. The molecule has 4 unspecified atom stereocenters. The number of hydrogen-bond donors (Lipinski definition) is 5. The number of unbranched alkanes of at least 4 members (excludes halogenated alkanes) is 1. The van der Waals surface area contributed by atoms with E-state index in [9.17, 15) is 4.79 Å². The zero-order valence-electron chi connectivity index (χ0n) is 29.1. The molecule has 7 heteroatoms. The molecule has 7 nitrogen and oxygen atoms in total. The van der Waals surface area contributed by atoms with Crippen LogP contribution in [0.2, 0.25) is 0 Å². The summed E-state index contributed by atoms with van der Waals surface area (Å²) in [4.78, 5) is 15.6. The van der Waals surface area contributed by atoms with Gasteiger partial charge in [-0.15, -0.1) is 0 Å². The normalized spacial score (nSPS) is 24.6. The van der Waals surface area contributed by atoms with Gasteiger partial charge in [0.2, 0.25) is 0 Å². The number of likely N-dealkylation sites (tertiary alicyclic amines) is 1. The van der Waals surface area contributed by atoms with Crippen molar-refractivity contribution < 1.29 is 4.79 Å². The largest absolute Gasteiger partial charge is 0.396 e. The van der Waals surface area contributed by atoms with E-state index in [2.05, 4.69) is 108 Å². The van der Waals surface area contributed by atoms with Crippen LogP contribution in [0.5, 0.6) is 0 Å². The number of hydrogen-bond acceptors (Lipinski definition) is 7. The van der Waals surface area contributed by atoms with Gasteiger partial charge in [-0.05, 0) is 75.5 Å². The number of nitrogens with one attached hydrogen (secondary N) is 4. The van der Waals surface area contributed by atoms with Gasteiger partial charge in [-0.1, -0.05) is 86.3 Å². The fourth-order valence-electron chi connectivity index (χ4n) is 7.48. The van der Waals surface area contributed by atoms with Crippen molar-refractivity contribution in [1.29, 1.82) is 0 Å². The van der Waals surface area contributed by atoms with Gasteiger partial charge in [-0.2, -0.15) is 0 Å². The van der Waals surface area contributed by atoms with Gasteiger partial charge in [0.1, 0.15) is 0 Å². The van der Waals surface area contributed by atoms with Crippen molar-refractivity contribution in [3.63, 3.8) is 0 Å². The predicted molar refractivity (Wildman–Crippen MR) is 186 cm³/mol. The van der Waals surface area contributed by atoms with Gasteiger partial charge in [-0.3, -0.25) is 4.79 Å². The van der Waals surface area contributed by atoms with Crippen molar-refractivity contribution in [3.05, 3.63) is 61.5 Å². The van der Waals surface area contributed by atoms with Crippen molar-refractivity contribution in [3.8, 4) is 0 Å². The molecule has 248 valence electrons. The zero-order chi connectivity index (χ0) is 33.0. The number of nitrogens with zero attached hydrogens (tertiary/aromatic N) is 1. The maximum atomic E-state index is 13.1. The molecule has 2 aliphatic carbocycles. The fourth-order valence-corrected chi connectivity index (χ4v) is 7.48. The summed E-state index contributed by atoms with van der Waals surface area (Å²) in [5.41, 5.74) is 9.01. The second-order valence-corrected chi connectivity index (χ2v) is 16.0. The minimum atomic E-state index is -0.381. The molecular weight excluding hydrogens is 544 g/mol. The lowest BCUT2D eigenvalue weighted by molar-refractivity contribution is -0.117. The van der Waals surface area contributed by atoms with E-state index in [0.717, 1.165) is 61.7 Å². The lowest BCUT2D eigenvalue weighted by Crippen LogP contribution is -2.52. The van der Waals surface area contributed by atoms with E-state index in [0.29, 0.717) is 23.7 Å². The quantitative estimate of drug-likeness (QED) is 0.0921. The van der Waals surface area contributed by atoms with Gasteiger partial charge in [-0.25, -0.2) is 0 Å². The molecule has 3 fully saturated rings. The third-order valence-electron chi connectivity index (χ3n) is 9.82. The highest BCUT2D eigenvalue weighted by Crippen LogP contribution is 2.57. The van der Waals surface area contributed by atoms with Crippen LogP contribution in [0.4, 0.5) is 0 Å². The first-order valence-corrected chi connectivity index (χ1v) is 16.9. The average Bonchev–Trinajstić information content (AvgIpc) is 3.28. The Labute approximate surface area is 269 Å². The topological polar surface area (TPSA) is 94.5 Å². The number of ketones is 1. The van der Waals surface area contributed by atoms with E-state index < -0.39 is 0 Å². The molecular formula is C37H64N6O. The van der Waals surface area contributed by atoms with Gasteiger partial charge >= 0.3 is 0 Å². The minimum Gasteiger partial charge on any atom is -0.396 e. The van der Waals surface area contributed by atoms with Crippen LogP contribution in [0, 0.1) is 29.1 Å². The second kappa shape index (κ2) is 14.5. The van der Waals surface area contributed by atoms with Crippen LogP contribution in [-0.4, -0.2) is 47.4 Å². The van der Waals surface area contributed by atoms with Crippen LogP contribution in [0.1, 0.15) is 99.8 Å². The average molecular weight is 609 g/mol. The Hall–Kier alpha value is -2.83. The van der Waals surface area contributed by atoms with Gasteiger partial charge in [0.25, 0.3) is 0 Å². The van der Waals surface area contributed by atoms with Crippen LogP contribution < -0.4 is 27.0 Å². The maximum Gasteiger partial charge on any atom is 0.199 e. The number of fused-ring (bicyclic) bond motifs is 1. The van der Waals surface area contributed by atoms with Crippen LogP contribution in [0.3, 0.4) is 0 Å². The summed E-state index contributed by atoms with van der Waals surface area (Å²) in [6.07, 6.45) is 8.65. The standard InChI is InChI=1S/C37H64N6O/c1-23(42-37(10,11)12)17-15-16-20-39-28(6)41-35(36(7,8)9)27(5)43-22-30-24(2)32(30)33(43)26(4)40-31(34(44)25(3)38)21-29-18-13-14-19-29/h24,29-33,35,39-42H,1,3-6,13-22,38H2,2,7-12H3/t24?,30-,31?,32+,33?,35?/m1/s1. The number of Topliss-reactive ketones (excluding diaryl/α,β-unsaturated/α-hetero) is 1. The molecule has 0 aromatic rings. The van der Waals surface area contributed by atoms with Gasteiger partial charge < -0.3 is 31.9 Å². The number of nitrogens with two attached hydrogens (primary N) is 1. The minimum absolute atomic E-state index is 0.0268. The molecule has 0 bridgehead atoms. The van der Waals surface area contributed by atoms with Crippen molar-refractivity contribution in [2.24, 2.45) is 34.8 Å². The SMILES string of the molecule is C=C(CCCCNC(=C)NC(C(=C)N1C[C@@H]2C(C)[C@@H]2C1C(=C)NC(CC1CCCC1)C(=O)C(=C)N)C(C)(C)C)NC(C)(C)C. The van der Waals surface area contributed by atoms with Crippen LogP contribution >= 0.6 is 0 Å². The van der Waals surface area contributed by atoms with E-state index >= 15 is 0 Å². The van der Waals surface area contributed by atoms with Gasteiger partial charge in [0, 0.05) is 35.7 Å². The molecule has 44 heavy (non-hydrogen) atoms. The molecule has 0 amide bonds. The maximum absolute atomic E-state index is 13.1. The fraction of sp³-hybridized carbons (Fsp3) is 0.703. The molecule has 3 rings (SSSR count). The van der Waals surface area contributed by atoms with Crippen LogP contribution in [-0.2, 0) is 4.79 Å². The van der Waals surface area contributed by atoms with Crippen molar-refractivity contribution >= 4 is 5.78 Å². The van der Waals surface area contributed by atoms with Crippen LogP contribution in [0.25, 0.3) is 0 Å². The molecule has 1 heterocycles. The first-order valence-electron chi connectivity index (χ1n) is 16.9. The van der Waals surface area contributed by atoms with Gasteiger partial charge in [0.05, 0.1) is 29.6 Å². The van der Waals surface area contributed by atoms with E-state index in [1.54, 1.807) is 0 Å². The molecule has 2 saturated carbocycles. The summed E-state index contributed by atoms with van der Waals surface area (Å²) in [6.45, 7) is 38.7. The molecule has 6 N–H and O–H groups in total. The zero-order valence-corrected chi connectivity index (χ0v) is 29.1. The Morgan fingerprint density at radius 3 is 2.18 bits per heavy atom. The highest BCUT2D eigenvalue weighted by atomic mass is 16.1. The second-order valence-electron chi connectivity index (χ2n) is 16.0. The third-order valence-corrected chi connectivity index (χ3v) is 9.82. The summed E-state index contributed by atoms with van der Waals surface area (Å²) in [7, 11) is 0. The van der Waals surface area contributed by atoms with E-state index in [4.69, 9.17) is 5.73 Å². The number of piperidine rings is 1. The molecule has 0 radical (unpaired) electrons. The number of carbonyl (C=O) groups excluding carboxylic acids is 1. The molecule has 0 spiro atoms. The van der Waals surface area contributed by atoms with E-state index in [1.807, 2.05) is 0 Å². The highest BCUT2D eigenvalue weighted by molar-refractivity contribution is 5.98. The Bertz CT molecular complexity index is 1090. The molecule has 1 saturated heterocycles.